The Morgan fingerprint density at radius 2 is 1.61 bits per heavy atom. The second-order valence-electron chi connectivity index (χ2n) is 10.6. The van der Waals surface area contributed by atoms with Gasteiger partial charge in [0.1, 0.15) is 0 Å². The second kappa shape index (κ2) is 13.5. The number of rotatable bonds is 12. The van der Waals surface area contributed by atoms with Crippen molar-refractivity contribution in [2.24, 2.45) is 11.8 Å². The van der Waals surface area contributed by atoms with E-state index in [0.29, 0.717) is 17.5 Å². The topological polar surface area (TPSA) is 70.7 Å². The number of nitrogens with one attached hydrogen (secondary N) is 2. The van der Waals surface area contributed by atoms with Gasteiger partial charge in [0.2, 0.25) is 0 Å². The van der Waals surface area contributed by atoms with Crippen molar-refractivity contribution in [2.45, 2.75) is 66.7 Å². The highest BCUT2D eigenvalue weighted by molar-refractivity contribution is 6.17. The molecule has 0 bridgehead atoms. The minimum absolute atomic E-state index is 0.164. The maximum Gasteiger partial charge on any atom is 0.323 e. The normalized spacial score (nSPS) is 12.8. The van der Waals surface area contributed by atoms with E-state index in [1.54, 1.807) is 0 Å². The average molecular weight is 516 g/mol. The lowest BCUT2D eigenvalue weighted by Crippen LogP contribution is -2.33. The lowest BCUT2D eigenvalue weighted by atomic mass is 9.77. The number of benzene rings is 2. The number of aryl methyl sites for hydroxylation is 1. The van der Waals surface area contributed by atoms with E-state index < -0.39 is 5.41 Å². The van der Waals surface area contributed by atoms with Crippen molar-refractivity contribution in [3.05, 3.63) is 53.6 Å². The molecule has 7 heteroatoms. The van der Waals surface area contributed by atoms with Crippen molar-refractivity contribution in [1.29, 1.82) is 0 Å². The first kappa shape index (κ1) is 29.5. The molecule has 0 aliphatic rings. The summed E-state index contributed by atoms with van der Waals surface area (Å²) in [7, 11) is 0. The second-order valence-corrected chi connectivity index (χ2v) is 10.8. The highest BCUT2D eigenvalue weighted by Gasteiger charge is 2.30. The first-order chi connectivity index (χ1) is 17.0. The molecule has 0 fully saturated rings. The molecule has 2 amide bonds. The Morgan fingerprint density at radius 3 is 2.14 bits per heavy atom. The van der Waals surface area contributed by atoms with Gasteiger partial charge in [0.25, 0.3) is 0 Å². The smallest absolute Gasteiger partial charge is 0.323 e. The van der Waals surface area contributed by atoms with Crippen LogP contribution in [0.25, 0.3) is 0 Å². The zero-order valence-corrected chi connectivity index (χ0v) is 23.5. The zero-order chi connectivity index (χ0) is 26.9. The van der Waals surface area contributed by atoms with Gasteiger partial charge < -0.3 is 20.3 Å². The van der Waals surface area contributed by atoms with Crippen LogP contribution in [0.1, 0.15) is 65.5 Å². The van der Waals surface area contributed by atoms with Gasteiger partial charge >= 0.3 is 12.0 Å². The van der Waals surface area contributed by atoms with Gasteiger partial charge in [-0.3, -0.25) is 4.79 Å². The van der Waals surface area contributed by atoms with Crippen LogP contribution < -0.4 is 15.5 Å². The largest absolute Gasteiger partial charge is 0.449 e. The molecule has 0 saturated carbocycles. The van der Waals surface area contributed by atoms with Gasteiger partial charge in [-0.05, 0) is 55.0 Å². The fraction of sp³-hybridized carbons (Fsp3) is 0.517. The monoisotopic (exact) mass is 515 g/mol. The first-order valence-corrected chi connectivity index (χ1v) is 13.3. The number of hydrogen-bond donors (Lipinski definition) is 2. The molecule has 0 spiro atoms. The van der Waals surface area contributed by atoms with Crippen LogP contribution >= 0.6 is 11.6 Å². The highest BCUT2D eigenvalue weighted by atomic mass is 35.5. The molecule has 6 nitrogen and oxygen atoms in total. The van der Waals surface area contributed by atoms with Crippen molar-refractivity contribution in [2.75, 3.05) is 34.7 Å². The van der Waals surface area contributed by atoms with Crippen LogP contribution in [0, 0.1) is 18.8 Å². The van der Waals surface area contributed by atoms with E-state index in [-0.39, 0.29) is 24.5 Å². The third-order valence-electron chi connectivity index (χ3n) is 6.29. The Kier molecular flexibility index (Phi) is 11.1. The number of alkyl halides is 1. The van der Waals surface area contributed by atoms with Crippen molar-refractivity contribution < 1.29 is 14.3 Å². The first-order valence-electron chi connectivity index (χ1n) is 12.7. The Labute approximate surface area is 221 Å². The van der Waals surface area contributed by atoms with E-state index in [1.807, 2.05) is 51.1 Å². The maximum atomic E-state index is 13.0. The summed E-state index contributed by atoms with van der Waals surface area (Å²) < 4.78 is 5.02. The number of amides is 2. The summed E-state index contributed by atoms with van der Waals surface area (Å²) in [5.74, 6) is 0.555. The fourth-order valence-electron chi connectivity index (χ4n) is 4.22. The molecule has 2 N–H and O–H groups in total. The predicted molar refractivity (Wildman–Crippen MR) is 151 cm³/mol. The van der Waals surface area contributed by atoms with Crippen LogP contribution in [-0.4, -0.2) is 31.2 Å². The molecule has 2 aromatic carbocycles. The number of esters is 1. The maximum absolute atomic E-state index is 13.0. The van der Waals surface area contributed by atoms with Gasteiger partial charge in [0, 0.05) is 24.2 Å². The molecular weight excluding hydrogens is 474 g/mol. The third kappa shape index (κ3) is 8.74. The number of anilines is 3. The number of carbonyl (C=O) groups excluding carboxylic acids is 2. The van der Waals surface area contributed by atoms with Crippen molar-refractivity contribution >= 4 is 40.7 Å². The molecule has 0 unspecified atom stereocenters. The Morgan fingerprint density at radius 1 is 1.00 bits per heavy atom. The molecule has 0 heterocycles. The van der Waals surface area contributed by atoms with Crippen LogP contribution in [0.2, 0.25) is 0 Å². The third-order valence-corrected chi connectivity index (χ3v) is 6.40. The van der Waals surface area contributed by atoms with Crippen LogP contribution in [0.15, 0.2) is 42.5 Å². The summed E-state index contributed by atoms with van der Waals surface area (Å²) in [4.78, 5) is 27.7. The summed E-state index contributed by atoms with van der Waals surface area (Å²) in [5, 5.41) is 6.02. The van der Waals surface area contributed by atoms with Gasteiger partial charge in [-0.2, -0.15) is 0 Å². The summed E-state index contributed by atoms with van der Waals surface area (Å²) in [6, 6.07) is 13.3. The molecule has 2 rings (SSSR count). The Balaban J connectivity index is 2.48. The lowest BCUT2D eigenvalue weighted by molar-refractivity contribution is -0.143. The summed E-state index contributed by atoms with van der Waals surface area (Å²) in [5.41, 5.74) is 4.01. The summed E-state index contributed by atoms with van der Waals surface area (Å²) in [6.45, 7) is 16.6. The number of carbonyl (C=O) groups is 2. The molecular formula is C29H42ClN3O3. The van der Waals surface area contributed by atoms with Gasteiger partial charge in [0.15, 0.2) is 6.07 Å². The van der Waals surface area contributed by atoms with Crippen LogP contribution in [-0.2, 0) is 14.9 Å². The average Bonchev–Trinajstić information content (AvgIpc) is 2.79. The number of nitrogens with zero attached hydrogens (tertiary/aromatic N) is 1. The molecule has 1 atom stereocenters. The van der Waals surface area contributed by atoms with E-state index in [9.17, 15) is 9.59 Å². The molecule has 0 aliphatic carbocycles. The number of halogens is 1. The number of hydrogen-bond acceptors (Lipinski definition) is 4. The molecule has 2 aromatic rings. The number of urea groups is 1. The SMILES string of the molecule is CC[C@](C)(CC(=O)OCCl)c1ccc(N(CC(C)C)CC(C)C)c(NC(=O)Nc2ccc(C)cc2)c1. The minimum atomic E-state index is -0.466. The molecule has 36 heavy (non-hydrogen) atoms. The summed E-state index contributed by atoms with van der Waals surface area (Å²) in [6.07, 6.45) is 0.923. The van der Waals surface area contributed by atoms with Gasteiger partial charge in [-0.1, -0.05) is 76.9 Å². The van der Waals surface area contributed by atoms with E-state index >= 15 is 0 Å². The fourth-order valence-corrected chi connectivity index (χ4v) is 4.34. The highest BCUT2D eigenvalue weighted by Crippen LogP contribution is 2.37. The lowest BCUT2D eigenvalue weighted by Gasteiger charge is -2.33. The Bertz CT molecular complexity index is 997. The quantitative estimate of drug-likeness (QED) is 0.226. The van der Waals surface area contributed by atoms with E-state index in [4.69, 9.17) is 16.3 Å². The van der Waals surface area contributed by atoms with Gasteiger partial charge in [-0.25, -0.2) is 4.79 Å². The summed E-state index contributed by atoms with van der Waals surface area (Å²) >= 11 is 5.61. The van der Waals surface area contributed by atoms with Gasteiger partial charge in [0.05, 0.1) is 17.8 Å². The molecule has 0 saturated heterocycles. The molecule has 0 aromatic heterocycles. The number of ether oxygens (including phenoxy) is 1. The molecule has 198 valence electrons. The standard InChI is InChI=1S/C29H42ClN3O3/c1-8-29(7,16-27(34)36-19-30)23-11-14-26(33(17-20(2)3)18-21(4)5)25(15-23)32-28(35)31-24-12-9-22(6)10-13-24/h9-15,20-21H,8,16-19H2,1-7H3,(H2,31,32,35)/t29-/m1/s1. The van der Waals surface area contributed by atoms with E-state index in [0.717, 1.165) is 42.0 Å². The molecule has 0 radical (unpaired) electrons. The van der Waals surface area contributed by atoms with Crippen molar-refractivity contribution in [3.8, 4) is 0 Å². The minimum Gasteiger partial charge on any atom is -0.449 e. The Hall–Kier alpha value is -2.73. The predicted octanol–water partition coefficient (Wildman–Crippen LogP) is 7.55. The van der Waals surface area contributed by atoms with Gasteiger partial charge in [-0.15, -0.1) is 0 Å². The zero-order valence-electron chi connectivity index (χ0n) is 22.8. The van der Waals surface area contributed by atoms with Crippen LogP contribution in [0.3, 0.4) is 0 Å². The van der Waals surface area contributed by atoms with Crippen molar-refractivity contribution in [1.82, 2.24) is 0 Å². The van der Waals surface area contributed by atoms with Crippen LogP contribution in [0.4, 0.5) is 21.9 Å². The van der Waals surface area contributed by atoms with Crippen molar-refractivity contribution in [3.63, 3.8) is 0 Å². The molecule has 0 aliphatic heterocycles. The van der Waals surface area contributed by atoms with Crippen LogP contribution in [0.5, 0.6) is 0 Å². The van der Waals surface area contributed by atoms with E-state index in [1.165, 1.54) is 0 Å². The van der Waals surface area contributed by atoms with E-state index in [2.05, 4.69) is 55.4 Å².